The lowest BCUT2D eigenvalue weighted by molar-refractivity contribution is 0.0981. The van der Waals surface area contributed by atoms with E-state index >= 15 is 0 Å². The number of methoxy groups -OCH3 is 2. The Kier molecular flexibility index (Phi) is 4.93. The van der Waals surface area contributed by atoms with Gasteiger partial charge in [-0.25, -0.2) is 0 Å². The molecule has 0 spiro atoms. The summed E-state index contributed by atoms with van der Waals surface area (Å²) in [6, 6.07) is 14.9. The van der Waals surface area contributed by atoms with Crippen LogP contribution in [-0.4, -0.2) is 29.8 Å². The van der Waals surface area contributed by atoms with Crippen LogP contribution in [0.4, 0.5) is 5.69 Å². The minimum absolute atomic E-state index is 0.115. The largest absolute Gasteiger partial charge is 0.497 e. The number of aromatic nitrogens is 2. The van der Waals surface area contributed by atoms with Gasteiger partial charge < -0.3 is 15.2 Å². The molecule has 26 heavy (non-hydrogen) atoms. The number of carbonyl (C=O) groups excluding carboxylic acids is 1. The summed E-state index contributed by atoms with van der Waals surface area (Å²) in [6.45, 7) is 0. The van der Waals surface area contributed by atoms with Crippen LogP contribution in [0, 0.1) is 0 Å². The SMILES string of the molecule is COc1ccc(CC(=O)c2c(OC)c(-c3ccccc3)nn2C)c(N)c1. The van der Waals surface area contributed by atoms with Gasteiger partial charge in [0.15, 0.2) is 11.5 Å². The molecule has 0 aliphatic heterocycles. The number of nitrogens with two attached hydrogens (primary N) is 1. The van der Waals surface area contributed by atoms with E-state index < -0.39 is 0 Å². The maximum atomic E-state index is 12.9. The predicted octanol–water partition coefficient (Wildman–Crippen LogP) is 3.11. The molecule has 0 bridgehead atoms. The number of aryl methyl sites for hydroxylation is 1. The van der Waals surface area contributed by atoms with Crippen LogP contribution in [0.3, 0.4) is 0 Å². The van der Waals surface area contributed by atoms with Gasteiger partial charge in [-0.3, -0.25) is 9.48 Å². The first-order chi connectivity index (χ1) is 12.5. The van der Waals surface area contributed by atoms with Crippen molar-refractivity contribution in [1.82, 2.24) is 9.78 Å². The Morgan fingerprint density at radius 2 is 1.85 bits per heavy atom. The molecule has 1 heterocycles. The number of ether oxygens (including phenoxy) is 2. The highest BCUT2D eigenvalue weighted by atomic mass is 16.5. The number of carbonyl (C=O) groups is 1. The maximum absolute atomic E-state index is 12.9. The lowest BCUT2D eigenvalue weighted by atomic mass is 10.0. The minimum Gasteiger partial charge on any atom is -0.497 e. The van der Waals surface area contributed by atoms with Crippen molar-refractivity contribution < 1.29 is 14.3 Å². The summed E-state index contributed by atoms with van der Waals surface area (Å²) >= 11 is 0. The highest BCUT2D eigenvalue weighted by molar-refractivity contribution is 6.00. The van der Waals surface area contributed by atoms with Crippen LogP contribution in [0.15, 0.2) is 48.5 Å². The van der Waals surface area contributed by atoms with E-state index in [0.717, 1.165) is 11.1 Å². The number of benzene rings is 2. The third kappa shape index (κ3) is 3.26. The van der Waals surface area contributed by atoms with Crippen LogP contribution < -0.4 is 15.2 Å². The lowest BCUT2D eigenvalue weighted by Crippen LogP contribution is -2.12. The zero-order chi connectivity index (χ0) is 18.7. The van der Waals surface area contributed by atoms with Gasteiger partial charge in [0.1, 0.15) is 17.1 Å². The molecule has 3 rings (SSSR count). The molecule has 0 aliphatic carbocycles. The Morgan fingerprint density at radius 3 is 2.46 bits per heavy atom. The summed E-state index contributed by atoms with van der Waals surface area (Å²) in [5.74, 6) is 1.01. The van der Waals surface area contributed by atoms with Crippen LogP contribution in [0.5, 0.6) is 11.5 Å². The predicted molar refractivity (Wildman–Crippen MR) is 101 cm³/mol. The molecule has 3 aromatic rings. The quantitative estimate of drug-likeness (QED) is 0.545. The third-order valence-electron chi connectivity index (χ3n) is 4.22. The van der Waals surface area contributed by atoms with Gasteiger partial charge in [-0.2, -0.15) is 5.10 Å². The summed E-state index contributed by atoms with van der Waals surface area (Å²) < 4.78 is 12.2. The molecule has 6 nitrogen and oxygen atoms in total. The van der Waals surface area contributed by atoms with E-state index in [1.807, 2.05) is 30.3 Å². The highest BCUT2D eigenvalue weighted by Crippen LogP contribution is 2.33. The molecule has 0 radical (unpaired) electrons. The van der Waals surface area contributed by atoms with Gasteiger partial charge in [0.25, 0.3) is 0 Å². The summed E-state index contributed by atoms with van der Waals surface area (Å²) in [6.07, 6.45) is 0.153. The van der Waals surface area contributed by atoms with E-state index in [2.05, 4.69) is 5.10 Å². The fourth-order valence-electron chi connectivity index (χ4n) is 2.91. The number of rotatable bonds is 6. The lowest BCUT2D eigenvalue weighted by Gasteiger charge is -2.09. The van der Waals surface area contributed by atoms with Gasteiger partial charge in [0.05, 0.1) is 14.2 Å². The molecular weight excluding hydrogens is 330 g/mol. The van der Waals surface area contributed by atoms with E-state index in [1.165, 1.54) is 0 Å². The number of ketones is 1. The second kappa shape index (κ2) is 7.31. The smallest absolute Gasteiger partial charge is 0.189 e. The summed E-state index contributed by atoms with van der Waals surface area (Å²) in [4.78, 5) is 12.9. The molecule has 134 valence electrons. The average molecular weight is 351 g/mol. The first-order valence-corrected chi connectivity index (χ1v) is 8.17. The monoisotopic (exact) mass is 351 g/mol. The van der Waals surface area contributed by atoms with Crippen LogP contribution >= 0.6 is 0 Å². The fourth-order valence-corrected chi connectivity index (χ4v) is 2.91. The molecule has 0 unspecified atom stereocenters. The second-order valence-electron chi connectivity index (χ2n) is 5.88. The summed E-state index contributed by atoms with van der Waals surface area (Å²) in [5.41, 5.74) is 9.24. The molecule has 0 aliphatic rings. The number of hydrogen-bond acceptors (Lipinski definition) is 5. The first kappa shape index (κ1) is 17.5. The zero-order valence-corrected chi connectivity index (χ0v) is 15.0. The van der Waals surface area contributed by atoms with Gasteiger partial charge in [0.2, 0.25) is 0 Å². The maximum Gasteiger partial charge on any atom is 0.189 e. The summed E-state index contributed by atoms with van der Waals surface area (Å²) in [5, 5.41) is 4.48. The minimum atomic E-state index is -0.115. The van der Waals surface area contributed by atoms with Crippen LogP contribution in [0.25, 0.3) is 11.3 Å². The van der Waals surface area contributed by atoms with Crippen molar-refractivity contribution in [2.75, 3.05) is 20.0 Å². The number of nitrogen functional groups attached to an aromatic ring is 1. The zero-order valence-electron chi connectivity index (χ0n) is 15.0. The van der Waals surface area contributed by atoms with Crippen molar-refractivity contribution in [3.05, 3.63) is 59.8 Å². The number of nitrogens with zero attached hydrogens (tertiary/aromatic N) is 2. The third-order valence-corrected chi connectivity index (χ3v) is 4.22. The van der Waals surface area contributed by atoms with Crippen molar-refractivity contribution in [3.8, 4) is 22.8 Å². The van der Waals surface area contributed by atoms with Crippen molar-refractivity contribution in [3.63, 3.8) is 0 Å². The van der Waals surface area contributed by atoms with Crippen LogP contribution in [0.2, 0.25) is 0 Å². The fraction of sp³-hybridized carbons (Fsp3) is 0.200. The topological polar surface area (TPSA) is 79.4 Å². The Hall–Kier alpha value is -3.28. The van der Waals surface area contributed by atoms with Crippen LogP contribution in [-0.2, 0) is 13.5 Å². The molecule has 1 aromatic heterocycles. The van der Waals surface area contributed by atoms with Gasteiger partial charge in [-0.15, -0.1) is 0 Å². The molecule has 0 saturated heterocycles. The number of anilines is 1. The normalized spacial score (nSPS) is 10.6. The van der Waals surface area contributed by atoms with Gasteiger partial charge in [-0.1, -0.05) is 36.4 Å². The van der Waals surface area contributed by atoms with Crippen molar-refractivity contribution in [2.45, 2.75) is 6.42 Å². The highest BCUT2D eigenvalue weighted by Gasteiger charge is 2.24. The molecule has 2 aromatic carbocycles. The summed E-state index contributed by atoms with van der Waals surface area (Å²) in [7, 11) is 4.85. The molecule has 0 fully saturated rings. The Bertz CT molecular complexity index is 933. The van der Waals surface area contributed by atoms with E-state index in [0.29, 0.717) is 28.6 Å². The molecule has 2 N–H and O–H groups in total. The second-order valence-corrected chi connectivity index (χ2v) is 5.88. The van der Waals surface area contributed by atoms with E-state index in [-0.39, 0.29) is 12.2 Å². The van der Waals surface area contributed by atoms with Gasteiger partial charge in [0, 0.05) is 30.8 Å². The van der Waals surface area contributed by atoms with Gasteiger partial charge >= 0.3 is 0 Å². The van der Waals surface area contributed by atoms with Crippen molar-refractivity contribution in [1.29, 1.82) is 0 Å². The first-order valence-electron chi connectivity index (χ1n) is 8.17. The van der Waals surface area contributed by atoms with E-state index in [4.69, 9.17) is 15.2 Å². The van der Waals surface area contributed by atoms with Crippen molar-refractivity contribution in [2.24, 2.45) is 7.05 Å². The Balaban J connectivity index is 1.96. The van der Waals surface area contributed by atoms with E-state index in [9.17, 15) is 4.79 Å². The van der Waals surface area contributed by atoms with Crippen LogP contribution in [0.1, 0.15) is 16.1 Å². The molecular formula is C20H21N3O3. The number of Topliss-reactive ketones (excluding diaryl/α,β-unsaturated/α-hetero) is 1. The van der Waals surface area contributed by atoms with E-state index in [1.54, 1.807) is 44.1 Å². The number of hydrogen-bond donors (Lipinski definition) is 1. The Morgan fingerprint density at radius 1 is 1.12 bits per heavy atom. The molecule has 0 saturated carbocycles. The van der Waals surface area contributed by atoms with Gasteiger partial charge in [-0.05, 0) is 11.6 Å². The Labute approximate surface area is 152 Å². The average Bonchev–Trinajstić information content (AvgIpc) is 3.00. The standard InChI is InChI=1S/C20H21N3O3/c1-23-19(17(24)11-14-9-10-15(25-2)12-16(14)21)20(26-3)18(22-23)13-7-5-4-6-8-13/h4-10,12H,11,21H2,1-3H3. The molecule has 6 heteroatoms. The molecule has 0 atom stereocenters. The van der Waals surface area contributed by atoms with Crippen molar-refractivity contribution >= 4 is 11.5 Å². The molecule has 0 amide bonds.